The Morgan fingerprint density at radius 1 is 1.53 bits per heavy atom. The van der Waals surface area contributed by atoms with Gasteiger partial charge in [0.2, 0.25) is 5.91 Å². The molecule has 1 rings (SSSR count). The minimum Gasteiger partial charge on any atom is -0.322 e. The average molecular weight is 238 g/mol. The zero-order valence-corrected chi connectivity index (χ0v) is 10.3. The number of hydrogen-bond acceptors (Lipinski definition) is 2. The van der Waals surface area contributed by atoms with Crippen molar-refractivity contribution < 1.29 is 9.18 Å². The molecule has 1 amide bonds. The van der Waals surface area contributed by atoms with E-state index >= 15 is 0 Å². The summed E-state index contributed by atoms with van der Waals surface area (Å²) in [5.74, 6) is -0.769. The van der Waals surface area contributed by atoms with E-state index in [0.717, 1.165) is 18.4 Å². The van der Waals surface area contributed by atoms with E-state index in [0.29, 0.717) is 6.42 Å². The number of amides is 1. The minimum absolute atomic E-state index is 0.196. The third-order valence-corrected chi connectivity index (χ3v) is 2.59. The lowest BCUT2D eigenvalue weighted by atomic mass is 10.1. The van der Waals surface area contributed by atoms with Crippen molar-refractivity contribution in [1.29, 1.82) is 0 Å². The molecule has 94 valence electrons. The molecule has 0 heterocycles. The van der Waals surface area contributed by atoms with E-state index in [1.54, 1.807) is 12.1 Å². The van der Waals surface area contributed by atoms with Gasteiger partial charge in [0.1, 0.15) is 5.82 Å². The predicted molar refractivity (Wildman–Crippen MR) is 67.3 cm³/mol. The highest BCUT2D eigenvalue weighted by Gasteiger charge is 2.14. The Balaban J connectivity index is 2.64. The smallest absolute Gasteiger partial charge is 0.241 e. The minimum atomic E-state index is -0.574. The van der Waals surface area contributed by atoms with Crippen LogP contribution in [0.15, 0.2) is 18.2 Å². The van der Waals surface area contributed by atoms with E-state index in [1.807, 2.05) is 13.8 Å². The van der Waals surface area contributed by atoms with E-state index < -0.39 is 11.9 Å². The van der Waals surface area contributed by atoms with Crippen LogP contribution in [0.1, 0.15) is 31.7 Å². The molecule has 3 nitrogen and oxygen atoms in total. The fraction of sp³-hybridized carbons (Fsp3) is 0.462. The van der Waals surface area contributed by atoms with Crippen LogP contribution >= 0.6 is 0 Å². The van der Waals surface area contributed by atoms with Crippen LogP contribution in [0, 0.1) is 12.7 Å². The Kier molecular flexibility index (Phi) is 5.10. The molecule has 0 spiro atoms. The quantitative estimate of drug-likeness (QED) is 0.828. The summed E-state index contributed by atoms with van der Waals surface area (Å²) in [6, 6.07) is 4.01. The van der Waals surface area contributed by atoms with Gasteiger partial charge in [0.25, 0.3) is 0 Å². The van der Waals surface area contributed by atoms with Crippen LogP contribution in [0.2, 0.25) is 0 Å². The number of benzene rings is 1. The molecule has 4 heteroatoms. The Morgan fingerprint density at radius 3 is 2.88 bits per heavy atom. The first-order valence-electron chi connectivity index (χ1n) is 5.87. The Labute approximate surface area is 101 Å². The number of nitrogens with two attached hydrogens (primary N) is 1. The molecule has 1 aromatic carbocycles. The van der Waals surface area contributed by atoms with Gasteiger partial charge in [-0.2, -0.15) is 0 Å². The second kappa shape index (κ2) is 6.35. The summed E-state index contributed by atoms with van der Waals surface area (Å²) in [5, 5.41) is 2.52. The van der Waals surface area contributed by atoms with E-state index in [-0.39, 0.29) is 11.6 Å². The van der Waals surface area contributed by atoms with Gasteiger partial charge in [-0.1, -0.05) is 25.8 Å². The molecule has 0 bridgehead atoms. The number of carbonyl (C=O) groups excluding carboxylic acids is 1. The Morgan fingerprint density at radius 2 is 2.24 bits per heavy atom. The van der Waals surface area contributed by atoms with Gasteiger partial charge >= 0.3 is 0 Å². The molecule has 0 fully saturated rings. The molecule has 1 aromatic rings. The lowest BCUT2D eigenvalue weighted by molar-refractivity contribution is -0.117. The maximum atomic E-state index is 13.4. The molecular formula is C13H19FN2O. The van der Waals surface area contributed by atoms with Gasteiger partial charge in [0.05, 0.1) is 11.7 Å². The van der Waals surface area contributed by atoms with Crippen LogP contribution in [0.25, 0.3) is 0 Å². The maximum Gasteiger partial charge on any atom is 0.241 e. The average Bonchev–Trinajstić information content (AvgIpc) is 2.30. The van der Waals surface area contributed by atoms with Crippen molar-refractivity contribution in [2.45, 2.75) is 39.2 Å². The van der Waals surface area contributed by atoms with E-state index in [9.17, 15) is 9.18 Å². The van der Waals surface area contributed by atoms with Crippen molar-refractivity contribution in [2.75, 3.05) is 5.32 Å². The van der Waals surface area contributed by atoms with Crippen LogP contribution in [0.4, 0.5) is 10.1 Å². The zero-order valence-electron chi connectivity index (χ0n) is 10.3. The van der Waals surface area contributed by atoms with Crippen molar-refractivity contribution in [3.63, 3.8) is 0 Å². The summed E-state index contributed by atoms with van der Waals surface area (Å²) in [4.78, 5) is 11.7. The van der Waals surface area contributed by atoms with Crippen LogP contribution in [-0.4, -0.2) is 11.9 Å². The van der Waals surface area contributed by atoms with Crippen LogP contribution in [-0.2, 0) is 4.79 Å². The van der Waals surface area contributed by atoms with E-state index in [1.165, 1.54) is 6.07 Å². The van der Waals surface area contributed by atoms with Crippen molar-refractivity contribution >= 4 is 11.6 Å². The highest BCUT2D eigenvalue weighted by atomic mass is 19.1. The molecule has 0 saturated heterocycles. The SMILES string of the molecule is CCCC[C@H](N)C(=O)Nc1cc(C)ccc1F. The lowest BCUT2D eigenvalue weighted by Gasteiger charge is -2.12. The van der Waals surface area contributed by atoms with Crippen LogP contribution in [0.3, 0.4) is 0 Å². The van der Waals surface area contributed by atoms with Gasteiger partial charge in [0, 0.05) is 0 Å². The molecule has 0 radical (unpaired) electrons. The second-order valence-electron chi connectivity index (χ2n) is 4.22. The van der Waals surface area contributed by atoms with Gasteiger partial charge in [-0.25, -0.2) is 4.39 Å². The molecule has 0 aliphatic rings. The molecular weight excluding hydrogens is 219 g/mol. The van der Waals surface area contributed by atoms with Gasteiger partial charge in [-0.15, -0.1) is 0 Å². The summed E-state index contributed by atoms with van der Waals surface area (Å²) < 4.78 is 13.4. The van der Waals surface area contributed by atoms with E-state index in [2.05, 4.69) is 5.32 Å². The van der Waals surface area contributed by atoms with Gasteiger partial charge in [-0.3, -0.25) is 4.79 Å². The number of carbonyl (C=O) groups is 1. The van der Waals surface area contributed by atoms with Crippen LogP contribution in [0.5, 0.6) is 0 Å². The molecule has 0 saturated carbocycles. The lowest BCUT2D eigenvalue weighted by Crippen LogP contribution is -2.35. The van der Waals surface area contributed by atoms with Crippen molar-refractivity contribution in [2.24, 2.45) is 5.73 Å². The normalized spacial score (nSPS) is 12.2. The maximum absolute atomic E-state index is 13.4. The van der Waals surface area contributed by atoms with E-state index in [4.69, 9.17) is 5.73 Å². The van der Waals surface area contributed by atoms with Gasteiger partial charge in [-0.05, 0) is 31.0 Å². The Bertz CT molecular complexity index is 393. The Hall–Kier alpha value is -1.42. The second-order valence-corrected chi connectivity index (χ2v) is 4.22. The number of anilines is 1. The van der Waals surface area contributed by atoms with Gasteiger partial charge < -0.3 is 11.1 Å². The zero-order chi connectivity index (χ0) is 12.8. The molecule has 1 atom stereocenters. The highest BCUT2D eigenvalue weighted by molar-refractivity contribution is 5.94. The number of halogens is 1. The largest absolute Gasteiger partial charge is 0.322 e. The molecule has 3 N–H and O–H groups in total. The highest BCUT2D eigenvalue weighted by Crippen LogP contribution is 2.16. The van der Waals surface area contributed by atoms with Crippen LogP contribution < -0.4 is 11.1 Å². The standard InChI is InChI=1S/C13H19FN2O/c1-3-4-5-11(15)13(17)16-12-8-9(2)6-7-10(12)14/h6-8,11H,3-5,15H2,1-2H3,(H,16,17)/t11-/m0/s1. The fourth-order valence-corrected chi connectivity index (χ4v) is 1.52. The van der Waals surface area contributed by atoms with Gasteiger partial charge in [0.15, 0.2) is 0 Å². The molecule has 0 aliphatic heterocycles. The number of hydrogen-bond donors (Lipinski definition) is 2. The first-order chi connectivity index (χ1) is 8.04. The summed E-state index contributed by atoms with van der Waals surface area (Å²) in [5.41, 5.74) is 6.79. The number of aryl methyl sites for hydroxylation is 1. The number of unbranched alkanes of at least 4 members (excludes halogenated alkanes) is 1. The molecule has 0 aromatic heterocycles. The first kappa shape index (κ1) is 13.6. The topological polar surface area (TPSA) is 55.1 Å². The summed E-state index contributed by atoms with van der Waals surface area (Å²) >= 11 is 0. The molecule has 0 unspecified atom stereocenters. The number of nitrogens with one attached hydrogen (secondary N) is 1. The summed E-state index contributed by atoms with van der Waals surface area (Å²) in [7, 11) is 0. The third kappa shape index (κ3) is 4.15. The third-order valence-electron chi connectivity index (χ3n) is 2.59. The molecule has 0 aliphatic carbocycles. The van der Waals surface area contributed by atoms with Crippen molar-refractivity contribution in [1.82, 2.24) is 0 Å². The van der Waals surface area contributed by atoms with Crippen molar-refractivity contribution in [3.05, 3.63) is 29.6 Å². The van der Waals surface area contributed by atoms with Crippen molar-refractivity contribution in [3.8, 4) is 0 Å². The summed E-state index contributed by atoms with van der Waals surface area (Å²) in [6.07, 6.45) is 2.50. The number of rotatable bonds is 5. The monoisotopic (exact) mass is 238 g/mol. The first-order valence-corrected chi connectivity index (χ1v) is 5.87. The molecule has 17 heavy (non-hydrogen) atoms. The predicted octanol–water partition coefficient (Wildman–Crippen LogP) is 2.59. The summed E-state index contributed by atoms with van der Waals surface area (Å²) in [6.45, 7) is 3.87. The fourth-order valence-electron chi connectivity index (χ4n) is 1.52.